The van der Waals surface area contributed by atoms with Crippen molar-refractivity contribution in [3.8, 4) is 0 Å². The molecule has 1 aromatic carbocycles. The van der Waals surface area contributed by atoms with Gasteiger partial charge in [0.05, 0.1) is 5.69 Å². The molecule has 3 N–H and O–H groups in total. The number of rotatable bonds is 5. The highest BCUT2D eigenvalue weighted by Gasteiger charge is 2.05. The molecule has 0 saturated carbocycles. The molecule has 2 aromatic rings. The van der Waals surface area contributed by atoms with E-state index in [1.165, 1.54) is 0 Å². The molecule has 0 spiro atoms. The molecule has 0 radical (unpaired) electrons. The molecule has 0 aliphatic carbocycles. The number of primary amides is 1. The van der Waals surface area contributed by atoms with Gasteiger partial charge in [0, 0.05) is 24.3 Å². The highest BCUT2D eigenvalue weighted by atomic mass is 16.1. The molecule has 0 aliphatic rings. The molecule has 1 atom stereocenters. The van der Waals surface area contributed by atoms with Crippen LogP contribution in [0.5, 0.6) is 0 Å². The molecule has 98 valence electrons. The summed E-state index contributed by atoms with van der Waals surface area (Å²) in [5, 5.41) is 3.39. The highest BCUT2D eigenvalue weighted by molar-refractivity contribution is 5.92. The lowest BCUT2D eigenvalue weighted by molar-refractivity contribution is 0.100. The Bertz CT molecular complexity index is 537. The van der Waals surface area contributed by atoms with Crippen molar-refractivity contribution in [3.05, 3.63) is 65.5 Å². The predicted molar refractivity (Wildman–Crippen MR) is 74.5 cm³/mol. The Labute approximate surface area is 112 Å². The molecular weight excluding hydrogens is 238 g/mol. The summed E-state index contributed by atoms with van der Waals surface area (Å²) < 4.78 is 0. The van der Waals surface area contributed by atoms with E-state index in [0.717, 1.165) is 17.8 Å². The molecule has 0 saturated heterocycles. The molecule has 0 fully saturated rings. The summed E-state index contributed by atoms with van der Waals surface area (Å²) in [6.07, 6.45) is 1.79. The summed E-state index contributed by atoms with van der Waals surface area (Å²) >= 11 is 0. The van der Waals surface area contributed by atoms with Crippen LogP contribution in [0.15, 0.2) is 48.7 Å². The van der Waals surface area contributed by atoms with Crippen LogP contribution < -0.4 is 11.1 Å². The molecule has 1 heterocycles. The van der Waals surface area contributed by atoms with Crippen LogP contribution >= 0.6 is 0 Å². The SMILES string of the molecule is C[C@H](NCc1ccc(C(N)=O)cc1)c1ccccn1. The lowest BCUT2D eigenvalue weighted by atomic mass is 10.1. The second-order valence-corrected chi connectivity index (χ2v) is 4.42. The van der Waals surface area contributed by atoms with Crippen LogP contribution in [0.1, 0.15) is 34.6 Å². The van der Waals surface area contributed by atoms with Crippen LogP contribution in [-0.2, 0) is 6.54 Å². The molecule has 2 rings (SSSR count). The second-order valence-electron chi connectivity index (χ2n) is 4.42. The molecule has 1 amide bonds. The zero-order valence-electron chi connectivity index (χ0n) is 10.8. The van der Waals surface area contributed by atoms with Gasteiger partial charge in [-0.2, -0.15) is 0 Å². The van der Waals surface area contributed by atoms with Gasteiger partial charge in [0.25, 0.3) is 0 Å². The topological polar surface area (TPSA) is 68.0 Å². The van der Waals surface area contributed by atoms with Gasteiger partial charge in [-0.1, -0.05) is 18.2 Å². The van der Waals surface area contributed by atoms with Crippen LogP contribution in [-0.4, -0.2) is 10.9 Å². The summed E-state index contributed by atoms with van der Waals surface area (Å²) in [4.78, 5) is 15.3. The third-order valence-corrected chi connectivity index (χ3v) is 2.98. The van der Waals surface area contributed by atoms with E-state index in [0.29, 0.717) is 5.56 Å². The minimum atomic E-state index is -0.402. The van der Waals surface area contributed by atoms with Gasteiger partial charge in [-0.25, -0.2) is 0 Å². The maximum absolute atomic E-state index is 11.0. The number of nitrogens with zero attached hydrogens (tertiary/aromatic N) is 1. The van der Waals surface area contributed by atoms with Gasteiger partial charge >= 0.3 is 0 Å². The number of carbonyl (C=O) groups excluding carboxylic acids is 1. The lowest BCUT2D eigenvalue weighted by Crippen LogP contribution is -2.19. The van der Waals surface area contributed by atoms with Crippen LogP contribution in [0, 0.1) is 0 Å². The number of nitrogens with two attached hydrogens (primary N) is 1. The van der Waals surface area contributed by atoms with E-state index in [1.807, 2.05) is 30.3 Å². The van der Waals surface area contributed by atoms with E-state index >= 15 is 0 Å². The van der Waals surface area contributed by atoms with Crippen LogP contribution in [0.25, 0.3) is 0 Å². The van der Waals surface area contributed by atoms with Gasteiger partial charge in [-0.3, -0.25) is 9.78 Å². The molecule has 0 unspecified atom stereocenters. The number of nitrogens with one attached hydrogen (secondary N) is 1. The Balaban J connectivity index is 1.93. The van der Waals surface area contributed by atoms with E-state index in [4.69, 9.17) is 5.73 Å². The van der Waals surface area contributed by atoms with Gasteiger partial charge in [0.2, 0.25) is 5.91 Å². The Kier molecular flexibility index (Phi) is 4.26. The first-order valence-corrected chi connectivity index (χ1v) is 6.20. The first kappa shape index (κ1) is 13.2. The van der Waals surface area contributed by atoms with Gasteiger partial charge in [-0.05, 0) is 36.8 Å². The summed E-state index contributed by atoms with van der Waals surface area (Å²) in [6.45, 7) is 2.79. The Morgan fingerprint density at radius 1 is 1.26 bits per heavy atom. The predicted octanol–water partition coefficient (Wildman–Crippen LogP) is 2.03. The number of carbonyl (C=O) groups is 1. The van der Waals surface area contributed by atoms with Gasteiger partial charge in [0.1, 0.15) is 0 Å². The average molecular weight is 255 g/mol. The summed E-state index contributed by atoms with van der Waals surface area (Å²) in [5.41, 5.74) is 7.84. The fourth-order valence-corrected chi connectivity index (χ4v) is 1.79. The number of benzene rings is 1. The van der Waals surface area contributed by atoms with Crippen molar-refractivity contribution >= 4 is 5.91 Å². The Morgan fingerprint density at radius 2 is 2.00 bits per heavy atom. The number of hydrogen-bond acceptors (Lipinski definition) is 3. The fourth-order valence-electron chi connectivity index (χ4n) is 1.79. The zero-order chi connectivity index (χ0) is 13.7. The average Bonchev–Trinajstić information content (AvgIpc) is 2.46. The molecule has 4 nitrogen and oxygen atoms in total. The summed E-state index contributed by atoms with van der Waals surface area (Å²) in [5.74, 6) is -0.402. The fraction of sp³-hybridized carbons (Fsp3) is 0.200. The van der Waals surface area contributed by atoms with Gasteiger partial charge in [0.15, 0.2) is 0 Å². The molecule has 0 bridgehead atoms. The number of hydrogen-bond donors (Lipinski definition) is 2. The van der Waals surface area contributed by atoms with Crippen LogP contribution in [0.2, 0.25) is 0 Å². The monoisotopic (exact) mass is 255 g/mol. The van der Waals surface area contributed by atoms with E-state index < -0.39 is 5.91 Å². The van der Waals surface area contributed by atoms with Gasteiger partial charge < -0.3 is 11.1 Å². The van der Waals surface area contributed by atoms with E-state index in [9.17, 15) is 4.79 Å². The van der Waals surface area contributed by atoms with E-state index in [2.05, 4.69) is 17.2 Å². The van der Waals surface area contributed by atoms with E-state index in [-0.39, 0.29) is 6.04 Å². The normalized spacial score (nSPS) is 12.1. The summed E-state index contributed by atoms with van der Waals surface area (Å²) in [6, 6.07) is 13.3. The van der Waals surface area contributed by atoms with Crippen molar-refractivity contribution in [1.29, 1.82) is 0 Å². The molecular formula is C15H17N3O. The first-order valence-electron chi connectivity index (χ1n) is 6.20. The van der Waals surface area contributed by atoms with Crippen molar-refractivity contribution in [2.24, 2.45) is 5.73 Å². The largest absolute Gasteiger partial charge is 0.366 e. The standard InChI is InChI=1S/C15H17N3O/c1-11(14-4-2-3-9-17-14)18-10-12-5-7-13(8-6-12)15(16)19/h2-9,11,18H,10H2,1H3,(H2,16,19)/t11-/m0/s1. The molecule has 0 aliphatic heterocycles. The minimum absolute atomic E-state index is 0.178. The smallest absolute Gasteiger partial charge is 0.248 e. The van der Waals surface area contributed by atoms with Crippen LogP contribution in [0.3, 0.4) is 0 Å². The van der Waals surface area contributed by atoms with Gasteiger partial charge in [-0.15, -0.1) is 0 Å². The number of amides is 1. The lowest BCUT2D eigenvalue weighted by Gasteiger charge is -2.13. The maximum atomic E-state index is 11.0. The quantitative estimate of drug-likeness (QED) is 0.859. The third kappa shape index (κ3) is 3.63. The van der Waals surface area contributed by atoms with Crippen molar-refractivity contribution in [3.63, 3.8) is 0 Å². The highest BCUT2D eigenvalue weighted by Crippen LogP contribution is 2.10. The molecule has 19 heavy (non-hydrogen) atoms. The summed E-state index contributed by atoms with van der Waals surface area (Å²) in [7, 11) is 0. The third-order valence-electron chi connectivity index (χ3n) is 2.98. The second kappa shape index (κ2) is 6.11. The molecule has 1 aromatic heterocycles. The van der Waals surface area contributed by atoms with E-state index in [1.54, 1.807) is 18.3 Å². The van der Waals surface area contributed by atoms with Crippen molar-refractivity contribution in [2.75, 3.05) is 0 Å². The zero-order valence-corrected chi connectivity index (χ0v) is 10.8. The van der Waals surface area contributed by atoms with Crippen molar-refractivity contribution in [2.45, 2.75) is 19.5 Å². The van der Waals surface area contributed by atoms with Crippen molar-refractivity contribution in [1.82, 2.24) is 10.3 Å². The minimum Gasteiger partial charge on any atom is -0.366 e. The Morgan fingerprint density at radius 3 is 2.58 bits per heavy atom. The Hall–Kier alpha value is -2.20. The first-order chi connectivity index (χ1) is 9.16. The maximum Gasteiger partial charge on any atom is 0.248 e. The number of aromatic nitrogens is 1. The van der Waals surface area contributed by atoms with Crippen molar-refractivity contribution < 1.29 is 4.79 Å². The molecule has 4 heteroatoms. The number of pyridine rings is 1. The van der Waals surface area contributed by atoms with Crippen LogP contribution in [0.4, 0.5) is 0 Å².